The highest BCUT2D eigenvalue weighted by molar-refractivity contribution is 5.82. The SMILES string of the molecule is CC.CC.CC(C)C.COC(=O)NCC(=O)N1CC[C@@H](C(F)(F)F)C1. The minimum Gasteiger partial charge on any atom is -0.453 e. The molecule has 5 nitrogen and oxygen atoms in total. The summed E-state index contributed by atoms with van der Waals surface area (Å²) in [5.41, 5.74) is 0. The highest BCUT2D eigenvalue weighted by Crippen LogP contribution is 2.33. The monoisotopic (exact) mass is 372 g/mol. The molecule has 0 aromatic heterocycles. The van der Waals surface area contributed by atoms with Gasteiger partial charge < -0.3 is 15.0 Å². The van der Waals surface area contributed by atoms with Gasteiger partial charge in [0.15, 0.2) is 0 Å². The maximum atomic E-state index is 12.3. The van der Waals surface area contributed by atoms with Gasteiger partial charge >= 0.3 is 12.3 Å². The van der Waals surface area contributed by atoms with E-state index in [1.807, 2.05) is 27.7 Å². The largest absolute Gasteiger partial charge is 0.453 e. The van der Waals surface area contributed by atoms with E-state index in [1.165, 1.54) is 0 Å². The third kappa shape index (κ3) is 15.8. The average Bonchev–Trinajstić information content (AvgIpc) is 3.06. The van der Waals surface area contributed by atoms with Crippen LogP contribution in [0.25, 0.3) is 0 Å². The van der Waals surface area contributed by atoms with Crippen molar-refractivity contribution in [2.24, 2.45) is 11.8 Å². The van der Waals surface area contributed by atoms with Crippen LogP contribution in [0.3, 0.4) is 0 Å². The van der Waals surface area contributed by atoms with Crippen molar-refractivity contribution < 1.29 is 27.5 Å². The van der Waals surface area contributed by atoms with E-state index in [4.69, 9.17) is 0 Å². The van der Waals surface area contributed by atoms with Crippen LogP contribution < -0.4 is 5.32 Å². The Kier molecular flexibility index (Phi) is 18.2. The number of rotatable bonds is 2. The predicted molar refractivity (Wildman–Crippen MR) is 94.4 cm³/mol. The summed E-state index contributed by atoms with van der Waals surface area (Å²) in [5.74, 6) is -1.17. The summed E-state index contributed by atoms with van der Waals surface area (Å²) in [5, 5.41) is 2.13. The van der Waals surface area contributed by atoms with Gasteiger partial charge in [0.05, 0.1) is 13.0 Å². The van der Waals surface area contributed by atoms with E-state index >= 15 is 0 Å². The molecular formula is C17H35F3N2O3. The Hall–Kier alpha value is -1.47. The molecule has 2 amide bonds. The number of likely N-dealkylation sites (tertiary alicyclic amines) is 1. The molecule has 0 spiro atoms. The standard InChI is InChI=1S/C9H13F3N2O3.C4H10.2C2H6/c1-17-8(16)13-4-7(15)14-3-2-6(5-14)9(10,11)12;1-4(2)3;2*1-2/h6H,2-5H2,1H3,(H,13,16);4H,1-3H3;2*1-2H3/t6-;;;/m1.../s1. The summed E-state index contributed by atoms with van der Waals surface area (Å²) < 4.78 is 41.3. The van der Waals surface area contributed by atoms with E-state index in [0.29, 0.717) is 0 Å². The number of carbonyl (C=O) groups excluding carboxylic acids is 2. The summed E-state index contributed by atoms with van der Waals surface area (Å²) in [7, 11) is 1.13. The number of hydrogen-bond donors (Lipinski definition) is 1. The first-order chi connectivity index (χ1) is 11.6. The molecule has 0 unspecified atom stereocenters. The maximum Gasteiger partial charge on any atom is 0.407 e. The van der Waals surface area contributed by atoms with Gasteiger partial charge in [-0.2, -0.15) is 13.2 Å². The number of carbonyl (C=O) groups is 2. The molecule has 152 valence electrons. The lowest BCUT2D eigenvalue weighted by Crippen LogP contribution is -2.39. The number of halogens is 3. The zero-order valence-electron chi connectivity index (χ0n) is 16.8. The molecule has 0 aromatic carbocycles. The van der Waals surface area contributed by atoms with Gasteiger partial charge in [-0.05, 0) is 12.3 Å². The fourth-order valence-electron chi connectivity index (χ4n) is 1.59. The Balaban J connectivity index is -0.000000518. The second-order valence-electron chi connectivity index (χ2n) is 5.44. The minimum absolute atomic E-state index is 0.0614. The third-order valence-electron chi connectivity index (χ3n) is 2.57. The quantitative estimate of drug-likeness (QED) is 0.778. The van der Waals surface area contributed by atoms with Gasteiger partial charge in [-0.25, -0.2) is 4.79 Å². The Morgan fingerprint density at radius 1 is 1.16 bits per heavy atom. The molecule has 8 heteroatoms. The van der Waals surface area contributed by atoms with E-state index in [2.05, 4.69) is 30.8 Å². The Morgan fingerprint density at radius 2 is 1.60 bits per heavy atom. The smallest absolute Gasteiger partial charge is 0.407 e. The maximum absolute atomic E-state index is 12.3. The number of alkyl carbamates (subject to hydrolysis) is 1. The van der Waals surface area contributed by atoms with Crippen molar-refractivity contribution in [2.75, 3.05) is 26.7 Å². The molecule has 0 radical (unpaired) electrons. The van der Waals surface area contributed by atoms with Gasteiger partial charge in [0.1, 0.15) is 6.54 Å². The zero-order chi connectivity index (χ0) is 20.6. The normalized spacial score (nSPS) is 15.7. The van der Waals surface area contributed by atoms with Crippen molar-refractivity contribution in [1.82, 2.24) is 10.2 Å². The number of amides is 2. The lowest BCUT2D eigenvalue weighted by atomic mass is 10.1. The van der Waals surface area contributed by atoms with Crippen LogP contribution in [0.1, 0.15) is 54.9 Å². The second-order valence-corrected chi connectivity index (χ2v) is 5.44. The molecule has 1 heterocycles. The highest BCUT2D eigenvalue weighted by atomic mass is 19.4. The molecule has 0 bridgehead atoms. The van der Waals surface area contributed by atoms with Crippen molar-refractivity contribution in [2.45, 2.75) is 61.1 Å². The van der Waals surface area contributed by atoms with E-state index in [-0.39, 0.29) is 26.1 Å². The lowest BCUT2D eigenvalue weighted by molar-refractivity contribution is -0.171. The van der Waals surface area contributed by atoms with Crippen molar-refractivity contribution in [1.29, 1.82) is 0 Å². The Labute approximate surface area is 150 Å². The van der Waals surface area contributed by atoms with Crippen molar-refractivity contribution >= 4 is 12.0 Å². The first-order valence-corrected chi connectivity index (χ1v) is 8.74. The molecule has 1 N–H and O–H groups in total. The molecular weight excluding hydrogens is 337 g/mol. The number of alkyl halides is 3. The topological polar surface area (TPSA) is 58.6 Å². The minimum atomic E-state index is -4.27. The molecule has 25 heavy (non-hydrogen) atoms. The second kappa shape index (κ2) is 16.0. The van der Waals surface area contributed by atoms with Crippen LogP contribution in [0, 0.1) is 11.8 Å². The molecule has 1 rings (SSSR count). The number of ether oxygens (including phenoxy) is 1. The van der Waals surface area contributed by atoms with Crippen molar-refractivity contribution in [3.05, 3.63) is 0 Å². The van der Waals surface area contributed by atoms with Crippen LogP contribution in [-0.4, -0.2) is 49.8 Å². The Bertz CT molecular complexity index is 346. The van der Waals surface area contributed by atoms with E-state index in [1.54, 1.807) is 0 Å². The summed E-state index contributed by atoms with van der Waals surface area (Å²) in [6, 6.07) is 0. The number of hydrogen-bond acceptors (Lipinski definition) is 3. The molecule has 1 atom stereocenters. The van der Waals surface area contributed by atoms with Crippen LogP contribution in [0.2, 0.25) is 0 Å². The highest BCUT2D eigenvalue weighted by Gasteiger charge is 2.44. The average molecular weight is 372 g/mol. The van der Waals surface area contributed by atoms with Crippen molar-refractivity contribution in [3.63, 3.8) is 0 Å². The van der Waals surface area contributed by atoms with Gasteiger partial charge in [0.25, 0.3) is 0 Å². The first kappa shape index (κ1) is 28.3. The summed E-state index contributed by atoms with van der Waals surface area (Å²) >= 11 is 0. The summed E-state index contributed by atoms with van der Waals surface area (Å²) in [6.07, 6.45) is -5.15. The molecule has 0 saturated carbocycles. The van der Waals surface area contributed by atoms with E-state index in [0.717, 1.165) is 17.9 Å². The van der Waals surface area contributed by atoms with Crippen molar-refractivity contribution in [3.8, 4) is 0 Å². The molecule has 1 aliphatic heterocycles. The summed E-state index contributed by atoms with van der Waals surface area (Å²) in [4.78, 5) is 23.2. The van der Waals surface area contributed by atoms with Gasteiger partial charge in [-0.1, -0.05) is 48.5 Å². The fraction of sp³-hybridized carbons (Fsp3) is 0.882. The number of nitrogens with zero attached hydrogens (tertiary/aromatic N) is 1. The van der Waals surface area contributed by atoms with Gasteiger partial charge in [-0.3, -0.25) is 4.79 Å². The van der Waals surface area contributed by atoms with E-state index in [9.17, 15) is 22.8 Å². The first-order valence-electron chi connectivity index (χ1n) is 8.74. The molecule has 0 aromatic rings. The van der Waals surface area contributed by atoms with Crippen LogP contribution in [0.4, 0.5) is 18.0 Å². The van der Waals surface area contributed by atoms with Gasteiger partial charge in [-0.15, -0.1) is 0 Å². The zero-order valence-corrected chi connectivity index (χ0v) is 16.8. The van der Waals surface area contributed by atoms with Crippen LogP contribution in [-0.2, 0) is 9.53 Å². The molecule has 0 aliphatic carbocycles. The fourth-order valence-corrected chi connectivity index (χ4v) is 1.59. The van der Waals surface area contributed by atoms with E-state index < -0.39 is 24.1 Å². The van der Waals surface area contributed by atoms with Crippen LogP contribution in [0.5, 0.6) is 0 Å². The van der Waals surface area contributed by atoms with Crippen LogP contribution >= 0.6 is 0 Å². The Morgan fingerprint density at radius 3 is 1.92 bits per heavy atom. The number of methoxy groups -OCH3 is 1. The molecule has 1 fully saturated rings. The van der Waals surface area contributed by atoms with Crippen LogP contribution in [0.15, 0.2) is 0 Å². The lowest BCUT2D eigenvalue weighted by Gasteiger charge is -2.17. The van der Waals surface area contributed by atoms with Gasteiger partial charge in [0, 0.05) is 13.1 Å². The third-order valence-corrected chi connectivity index (χ3v) is 2.57. The molecule has 1 aliphatic rings. The summed E-state index contributed by atoms with van der Waals surface area (Å²) in [6.45, 7) is 13.9. The number of nitrogens with one attached hydrogen (secondary N) is 1. The predicted octanol–water partition coefficient (Wildman–Crippen LogP) is 4.47. The molecule has 1 saturated heterocycles. The van der Waals surface area contributed by atoms with Gasteiger partial charge in [0.2, 0.25) is 5.91 Å².